The predicted octanol–water partition coefficient (Wildman–Crippen LogP) is 2.70. The van der Waals surface area contributed by atoms with Gasteiger partial charge >= 0.3 is 5.97 Å². The van der Waals surface area contributed by atoms with E-state index in [4.69, 9.17) is 9.47 Å². The molecule has 3 nitrogen and oxygen atoms in total. The highest BCUT2D eigenvalue weighted by Gasteiger charge is 2.56. The van der Waals surface area contributed by atoms with Crippen LogP contribution >= 0.6 is 0 Å². The molecule has 0 amide bonds. The summed E-state index contributed by atoms with van der Waals surface area (Å²) in [5.41, 5.74) is -0.373. The predicted molar refractivity (Wildman–Crippen MR) is 68.0 cm³/mol. The zero-order valence-corrected chi connectivity index (χ0v) is 11.4. The Morgan fingerprint density at radius 3 is 2.72 bits per heavy atom. The normalized spacial score (nSPS) is 41.2. The standard InChI is InChI=1S/C15H22O3/c1-4-15(2,3)18-14(16)13-12(17-13)11-8-9-5-6-10(11)7-9/h5-6,9-13H,4,7-8H2,1-3H3. The van der Waals surface area contributed by atoms with Crippen molar-refractivity contribution in [2.75, 3.05) is 0 Å². The summed E-state index contributed by atoms with van der Waals surface area (Å²) in [5.74, 6) is 1.74. The third-order valence-electron chi connectivity index (χ3n) is 4.74. The third-order valence-corrected chi connectivity index (χ3v) is 4.74. The lowest BCUT2D eigenvalue weighted by atomic mass is 9.89. The van der Waals surface area contributed by atoms with E-state index in [9.17, 15) is 4.79 Å². The van der Waals surface area contributed by atoms with Crippen LogP contribution in [0.5, 0.6) is 0 Å². The summed E-state index contributed by atoms with van der Waals surface area (Å²) < 4.78 is 11.1. The van der Waals surface area contributed by atoms with Gasteiger partial charge in [-0.15, -0.1) is 0 Å². The van der Waals surface area contributed by atoms with Crippen molar-refractivity contribution in [2.24, 2.45) is 17.8 Å². The van der Waals surface area contributed by atoms with Gasteiger partial charge in [-0.25, -0.2) is 4.79 Å². The zero-order valence-electron chi connectivity index (χ0n) is 11.4. The van der Waals surface area contributed by atoms with Crippen LogP contribution < -0.4 is 0 Å². The lowest BCUT2D eigenvalue weighted by Crippen LogP contribution is -2.31. The molecule has 18 heavy (non-hydrogen) atoms. The molecule has 3 aliphatic rings. The van der Waals surface area contributed by atoms with Gasteiger partial charge in [-0.3, -0.25) is 0 Å². The van der Waals surface area contributed by atoms with Crippen LogP contribution in [0.1, 0.15) is 40.0 Å². The Kier molecular flexibility index (Phi) is 2.77. The average molecular weight is 250 g/mol. The SMILES string of the molecule is CCC(C)(C)OC(=O)C1OC1C1CC2C=CC1C2. The Morgan fingerprint density at radius 2 is 2.17 bits per heavy atom. The van der Waals surface area contributed by atoms with E-state index in [0.717, 1.165) is 12.3 Å². The minimum Gasteiger partial charge on any atom is -0.458 e. The van der Waals surface area contributed by atoms with Gasteiger partial charge in [0.25, 0.3) is 0 Å². The fraction of sp³-hybridized carbons (Fsp3) is 0.800. The van der Waals surface area contributed by atoms with Crippen molar-refractivity contribution in [2.45, 2.75) is 57.8 Å². The van der Waals surface area contributed by atoms with Crippen molar-refractivity contribution in [3.8, 4) is 0 Å². The molecule has 0 aromatic heterocycles. The Balaban J connectivity index is 1.55. The van der Waals surface area contributed by atoms with Crippen LogP contribution in [0.3, 0.4) is 0 Å². The van der Waals surface area contributed by atoms with Gasteiger partial charge in [0.15, 0.2) is 6.10 Å². The topological polar surface area (TPSA) is 38.8 Å². The maximum absolute atomic E-state index is 12.0. The summed E-state index contributed by atoms with van der Waals surface area (Å²) in [4.78, 5) is 12.0. The molecule has 1 heterocycles. The second kappa shape index (κ2) is 4.09. The molecule has 100 valence electrons. The van der Waals surface area contributed by atoms with Crippen molar-refractivity contribution in [3.05, 3.63) is 12.2 Å². The van der Waals surface area contributed by atoms with Gasteiger partial charge in [0, 0.05) is 0 Å². The van der Waals surface area contributed by atoms with Crippen molar-refractivity contribution in [1.82, 2.24) is 0 Å². The van der Waals surface area contributed by atoms with E-state index in [-0.39, 0.29) is 23.8 Å². The smallest absolute Gasteiger partial charge is 0.338 e. The van der Waals surface area contributed by atoms with Crippen molar-refractivity contribution < 1.29 is 14.3 Å². The lowest BCUT2D eigenvalue weighted by Gasteiger charge is -2.23. The lowest BCUT2D eigenvalue weighted by molar-refractivity contribution is -0.158. The molecule has 2 fully saturated rings. The number of rotatable bonds is 4. The maximum atomic E-state index is 12.0. The number of allylic oxidation sites excluding steroid dienone is 2. The highest BCUT2D eigenvalue weighted by molar-refractivity contribution is 5.78. The molecule has 1 saturated heterocycles. The van der Waals surface area contributed by atoms with Crippen molar-refractivity contribution in [1.29, 1.82) is 0 Å². The van der Waals surface area contributed by atoms with Crippen LogP contribution in [-0.4, -0.2) is 23.8 Å². The summed E-state index contributed by atoms with van der Waals surface area (Å²) in [6, 6.07) is 0. The molecule has 3 rings (SSSR count). The molecule has 2 bridgehead atoms. The molecular formula is C15H22O3. The van der Waals surface area contributed by atoms with Crippen LogP contribution in [-0.2, 0) is 14.3 Å². The molecule has 0 aromatic rings. The molecule has 3 heteroatoms. The van der Waals surface area contributed by atoms with Crippen molar-refractivity contribution >= 4 is 5.97 Å². The van der Waals surface area contributed by atoms with E-state index in [1.54, 1.807) is 0 Å². The van der Waals surface area contributed by atoms with E-state index < -0.39 is 0 Å². The summed E-state index contributed by atoms with van der Waals surface area (Å²) in [7, 11) is 0. The zero-order chi connectivity index (χ0) is 12.9. The minimum atomic E-state index is -0.373. The molecule has 5 atom stereocenters. The minimum absolute atomic E-state index is 0.116. The van der Waals surface area contributed by atoms with Gasteiger partial charge in [0.2, 0.25) is 0 Å². The van der Waals surface area contributed by atoms with Gasteiger partial charge in [-0.05, 0) is 50.9 Å². The van der Waals surface area contributed by atoms with E-state index >= 15 is 0 Å². The first-order chi connectivity index (χ1) is 8.50. The van der Waals surface area contributed by atoms with Crippen molar-refractivity contribution in [3.63, 3.8) is 0 Å². The molecule has 5 unspecified atom stereocenters. The van der Waals surface area contributed by atoms with E-state index in [1.807, 2.05) is 20.8 Å². The Morgan fingerprint density at radius 1 is 1.39 bits per heavy atom. The molecule has 1 saturated carbocycles. The summed E-state index contributed by atoms with van der Waals surface area (Å²) in [5, 5.41) is 0. The summed E-state index contributed by atoms with van der Waals surface area (Å²) in [6.07, 6.45) is 7.71. The number of hydrogen-bond acceptors (Lipinski definition) is 3. The second-order valence-electron chi connectivity index (χ2n) is 6.50. The number of carbonyl (C=O) groups excluding carboxylic acids is 1. The van der Waals surface area contributed by atoms with E-state index in [1.165, 1.54) is 12.8 Å². The van der Waals surface area contributed by atoms with Gasteiger partial charge < -0.3 is 9.47 Å². The van der Waals surface area contributed by atoms with E-state index in [2.05, 4.69) is 12.2 Å². The molecule has 0 N–H and O–H groups in total. The fourth-order valence-electron chi connectivity index (χ4n) is 3.24. The third kappa shape index (κ3) is 2.09. The molecule has 0 radical (unpaired) electrons. The monoisotopic (exact) mass is 250 g/mol. The fourth-order valence-corrected chi connectivity index (χ4v) is 3.24. The largest absolute Gasteiger partial charge is 0.458 e. The van der Waals surface area contributed by atoms with Gasteiger partial charge in [0.05, 0.1) is 6.10 Å². The highest BCUT2D eigenvalue weighted by atomic mass is 16.6. The number of carbonyl (C=O) groups is 1. The average Bonchev–Trinajstić information content (AvgIpc) is 2.85. The summed E-state index contributed by atoms with van der Waals surface area (Å²) >= 11 is 0. The Labute approximate surface area is 109 Å². The number of esters is 1. The maximum Gasteiger partial charge on any atom is 0.338 e. The first kappa shape index (κ1) is 12.2. The molecule has 0 spiro atoms. The molecular weight excluding hydrogens is 228 g/mol. The van der Waals surface area contributed by atoms with Gasteiger partial charge in [0.1, 0.15) is 5.60 Å². The van der Waals surface area contributed by atoms with Gasteiger partial charge in [-0.2, -0.15) is 0 Å². The van der Waals surface area contributed by atoms with Crippen LogP contribution in [0.15, 0.2) is 12.2 Å². The second-order valence-corrected chi connectivity index (χ2v) is 6.50. The van der Waals surface area contributed by atoms with Crippen LogP contribution in [0.4, 0.5) is 0 Å². The van der Waals surface area contributed by atoms with Crippen LogP contribution in [0, 0.1) is 17.8 Å². The number of hydrogen-bond donors (Lipinski definition) is 0. The van der Waals surface area contributed by atoms with E-state index in [0.29, 0.717) is 11.8 Å². The van der Waals surface area contributed by atoms with Gasteiger partial charge in [-0.1, -0.05) is 19.1 Å². The Hall–Kier alpha value is -0.830. The first-order valence-corrected chi connectivity index (χ1v) is 7.07. The number of epoxide rings is 1. The molecule has 1 aliphatic heterocycles. The highest BCUT2D eigenvalue weighted by Crippen LogP contribution is 2.50. The first-order valence-electron chi connectivity index (χ1n) is 7.07. The number of ether oxygens (including phenoxy) is 2. The Bertz CT molecular complexity index is 385. The van der Waals surface area contributed by atoms with Crippen LogP contribution in [0.25, 0.3) is 0 Å². The van der Waals surface area contributed by atoms with Crippen LogP contribution in [0.2, 0.25) is 0 Å². The molecule has 0 aromatic carbocycles. The molecule has 2 aliphatic carbocycles. The quantitative estimate of drug-likeness (QED) is 0.437. The summed E-state index contributed by atoms with van der Waals surface area (Å²) in [6.45, 7) is 5.92. The number of fused-ring (bicyclic) bond motifs is 2.